The third kappa shape index (κ3) is 10.9. The van der Waals surface area contributed by atoms with E-state index in [1.54, 1.807) is 36.2 Å². The maximum atomic E-state index is 14.2. The monoisotopic (exact) mass is 872 g/mol. The van der Waals surface area contributed by atoms with Gasteiger partial charge >= 0.3 is 6.09 Å². The fourth-order valence-electron chi connectivity index (χ4n) is 9.52. The molecule has 0 bridgehead atoms. The van der Waals surface area contributed by atoms with E-state index >= 15 is 0 Å². The summed E-state index contributed by atoms with van der Waals surface area (Å²) in [5, 5.41) is 24.7. The van der Waals surface area contributed by atoms with E-state index in [0.29, 0.717) is 48.0 Å². The molecule has 12 heteroatoms. The number of rotatable bonds is 23. The number of aliphatic hydroxyl groups is 2. The average Bonchev–Trinajstić information content (AvgIpc) is 3.32. The Bertz CT molecular complexity index is 2210. The van der Waals surface area contributed by atoms with Crippen molar-refractivity contribution in [2.75, 3.05) is 40.1 Å². The molecule has 2 N–H and O–H groups in total. The molecule has 1 amide bonds. The van der Waals surface area contributed by atoms with Crippen LogP contribution in [-0.4, -0.2) is 85.1 Å². The van der Waals surface area contributed by atoms with Gasteiger partial charge in [0.2, 0.25) is 5.79 Å². The maximum absolute atomic E-state index is 14.2. The molecule has 0 saturated heterocycles. The van der Waals surface area contributed by atoms with Crippen molar-refractivity contribution in [2.45, 2.75) is 75.9 Å². The van der Waals surface area contributed by atoms with Gasteiger partial charge in [0.25, 0.3) is 0 Å². The fourth-order valence-corrected chi connectivity index (χ4v) is 9.52. The van der Waals surface area contributed by atoms with Crippen LogP contribution in [0.15, 0.2) is 133 Å². The number of carbonyl (C=O) groups excluding carboxylic acids is 2. The van der Waals surface area contributed by atoms with Crippen LogP contribution in [0.3, 0.4) is 0 Å². The number of hydrogen-bond donors (Lipinski definition) is 2. The molecule has 12 nitrogen and oxygen atoms in total. The number of aliphatic hydroxyl groups excluding tert-OH is 2. The third-order valence-corrected chi connectivity index (χ3v) is 12.4. The number of nitrogens with zero attached hydrogens (tertiary/aromatic N) is 2. The van der Waals surface area contributed by atoms with Crippen molar-refractivity contribution in [2.24, 2.45) is 22.9 Å². The largest absolute Gasteiger partial charge is 0.459 e. The number of oxime groups is 1. The zero-order chi connectivity index (χ0) is 44.7. The van der Waals surface area contributed by atoms with Crippen molar-refractivity contribution in [3.05, 3.63) is 150 Å². The van der Waals surface area contributed by atoms with Gasteiger partial charge in [0.15, 0.2) is 0 Å². The van der Waals surface area contributed by atoms with E-state index in [1.807, 2.05) is 84.9 Å². The van der Waals surface area contributed by atoms with Crippen molar-refractivity contribution in [3.8, 4) is 17.2 Å². The van der Waals surface area contributed by atoms with Crippen LogP contribution in [0, 0.1) is 17.8 Å². The molecule has 0 spiro atoms. The van der Waals surface area contributed by atoms with Crippen LogP contribution in [0.4, 0.5) is 4.79 Å². The van der Waals surface area contributed by atoms with Crippen LogP contribution in [0.2, 0.25) is 0 Å². The second-order valence-electron chi connectivity index (χ2n) is 16.6. The Morgan fingerprint density at radius 1 is 0.875 bits per heavy atom. The molecule has 1 heterocycles. The fraction of sp³-hybridized carbons (Fsp3) is 0.404. The van der Waals surface area contributed by atoms with Gasteiger partial charge in [-0.15, -0.1) is 6.58 Å². The highest BCUT2D eigenvalue weighted by molar-refractivity contribution is 6.03. The molecule has 64 heavy (non-hydrogen) atoms. The van der Waals surface area contributed by atoms with E-state index in [4.69, 9.17) is 33.7 Å². The predicted molar refractivity (Wildman–Crippen MR) is 243 cm³/mol. The number of amides is 1. The summed E-state index contributed by atoms with van der Waals surface area (Å²) in [7, 11) is 1.70. The Labute approximate surface area is 376 Å². The second kappa shape index (κ2) is 22.7. The van der Waals surface area contributed by atoms with E-state index in [1.165, 1.54) is 0 Å². The van der Waals surface area contributed by atoms with E-state index < -0.39 is 23.8 Å². The minimum atomic E-state index is -1.44. The molecular weight excluding hydrogens is 813 g/mol. The molecule has 4 aromatic carbocycles. The Balaban J connectivity index is 1.32. The number of carbonyl (C=O) groups is 2. The van der Waals surface area contributed by atoms with Crippen molar-refractivity contribution in [1.29, 1.82) is 0 Å². The lowest BCUT2D eigenvalue weighted by atomic mass is 9.55. The summed E-state index contributed by atoms with van der Waals surface area (Å²) in [4.78, 5) is 33.6. The summed E-state index contributed by atoms with van der Waals surface area (Å²) < 4.78 is 32.4. The summed E-state index contributed by atoms with van der Waals surface area (Å²) in [5.41, 5.74) is 4.97. The van der Waals surface area contributed by atoms with Crippen molar-refractivity contribution < 1.29 is 48.3 Å². The number of unbranched alkanes of at least 4 members (excludes halogenated alkanes) is 2. The van der Waals surface area contributed by atoms with Gasteiger partial charge in [-0.25, -0.2) is 4.79 Å². The number of fused-ring (bicyclic) bond motifs is 2. The van der Waals surface area contributed by atoms with Crippen molar-refractivity contribution in [1.82, 2.24) is 4.90 Å². The van der Waals surface area contributed by atoms with Crippen LogP contribution < -0.4 is 9.47 Å². The number of aldehydes is 1. The van der Waals surface area contributed by atoms with Crippen molar-refractivity contribution in [3.63, 3.8) is 0 Å². The van der Waals surface area contributed by atoms with E-state index in [0.717, 1.165) is 54.2 Å². The normalized spacial score (nSPS) is 22.6. The Kier molecular flexibility index (Phi) is 16.4. The molecule has 7 rings (SSSR count). The first-order chi connectivity index (χ1) is 31.4. The number of likely N-dealkylation sites (N-methyl/N-ethyl adjacent to an activating group) is 1. The van der Waals surface area contributed by atoms with Crippen LogP contribution in [0.25, 0.3) is 0 Å². The molecule has 0 aromatic heterocycles. The first-order valence-electron chi connectivity index (χ1n) is 22.4. The minimum absolute atomic E-state index is 0.0197. The Morgan fingerprint density at radius 2 is 1.59 bits per heavy atom. The van der Waals surface area contributed by atoms with Gasteiger partial charge in [0.1, 0.15) is 42.8 Å². The lowest BCUT2D eigenvalue weighted by Gasteiger charge is -2.59. The quantitative estimate of drug-likeness (QED) is 0.0320. The van der Waals surface area contributed by atoms with E-state index in [9.17, 15) is 19.8 Å². The third-order valence-electron chi connectivity index (χ3n) is 12.4. The lowest BCUT2D eigenvalue weighted by Crippen LogP contribution is -2.69. The molecule has 2 aliphatic carbocycles. The number of allylic oxidation sites excluding steroid dienone is 1. The predicted octanol–water partition coefficient (Wildman–Crippen LogP) is 9.41. The number of ether oxygens (including phenoxy) is 5. The first-order valence-corrected chi connectivity index (χ1v) is 22.4. The van der Waals surface area contributed by atoms with Crippen molar-refractivity contribution >= 4 is 18.1 Å². The van der Waals surface area contributed by atoms with Gasteiger partial charge in [0, 0.05) is 43.7 Å². The Hall–Kier alpha value is -5.79. The highest BCUT2D eigenvalue weighted by atomic mass is 16.7. The molecule has 0 unspecified atom stereocenters. The van der Waals surface area contributed by atoms with Gasteiger partial charge in [-0.05, 0) is 84.6 Å². The minimum Gasteiger partial charge on any atom is -0.459 e. The van der Waals surface area contributed by atoms with Gasteiger partial charge in [0.05, 0.1) is 31.5 Å². The molecule has 0 radical (unpaired) electrons. The number of hydrogen-bond acceptors (Lipinski definition) is 11. The van der Waals surface area contributed by atoms with Crippen LogP contribution >= 0.6 is 0 Å². The molecule has 1 saturated carbocycles. The van der Waals surface area contributed by atoms with Crippen LogP contribution in [-0.2, 0) is 32.3 Å². The second-order valence-corrected chi connectivity index (χ2v) is 16.6. The summed E-state index contributed by atoms with van der Waals surface area (Å²) in [6.45, 7) is 5.16. The molecular formula is C52H60N2O10. The summed E-state index contributed by atoms with van der Waals surface area (Å²) in [6, 6.07) is 31.6. The summed E-state index contributed by atoms with van der Waals surface area (Å²) in [6.07, 6.45) is 8.89. The van der Waals surface area contributed by atoms with Gasteiger partial charge in [-0.1, -0.05) is 103 Å². The van der Waals surface area contributed by atoms with Crippen LogP contribution in [0.1, 0.15) is 77.9 Å². The smallest absolute Gasteiger partial charge is 0.410 e. The molecule has 1 aliphatic heterocycles. The highest BCUT2D eigenvalue weighted by Crippen LogP contribution is 2.62. The maximum Gasteiger partial charge on any atom is 0.410 e. The van der Waals surface area contributed by atoms with Crippen LogP contribution in [0.5, 0.6) is 17.2 Å². The molecule has 3 aliphatic rings. The van der Waals surface area contributed by atoms with E-state index in [2.05, 4.69) is 12.7 Å². The lowest BCUT2D eigenvalue weighted by molar-refractivity contribution is -0.253. The Morgan fingerprint density at radius 3 is 2.31 bits per heavy atom. The zero-order valence-electron chi connectivity index (χ0n) is 36.6. The SMILES string of the molecule is C=CCO[C@@]12Oc3ccc(Oc4cccc(C=O)c4)cc3[C@H]3[C@H](CCCCO)[C@@H](CCCCO)C=C(C(=NOCc4ccccc4)C[C@@H]1N(C)C(=O)OCCOCc1ccccc1)[C@H]32. The van der Waals surface area contributed by atoms with Gasteiger partial charge in [-0.3, -0.25) is 4.79 Å². The van der Waals surface area contributed by atoms with Gasteiger partial charge < -0.3 is 43.6 Å². The highest BCUT2D eigenvalue weighted by Gasteiger charge is 2.65. The van der Waals surface area contributed by atoms with E-state index in [-0.39, 0.29) is 63.8 Å². The molecule has 4 aromatic rings. The van der Waals surface area contributed by atoms with Gasteiger partial charge in [-0.2, -0.15) is 0 Å². The standard InChI is InChI=1S/C52H60N2O10/c1-3-27-61-52-48(54(2)51(58)60-29-28-59-35-37-15-6-4-7-16-37)33-46(53-62-36-38-17-8-5-9-18-38)44-31-40(20-10-12-25-55)43(22-11-13-26-56)49(50(44)52)45-32-42(23-24-47(45)64-52)63-41-21-14-19-39(30-41)34-57/h3-9,14-19,21,23-24,30-32,34,40,43,48-50,55-56H,1,10-13,20,22,25-29,33,35-36H2,2H3/t40-,43+,48-,49+,50+,52+/m0/s1. The molecule has 338 valence electrons. The number of benzene rings is 4. The summed E-state index contributed by atoms with van der Waals surface area (Å²) >= 11 is 0. The molecule has 1 fully saturated rings. The summed E-state index contributed by atoms with van der Waals surface area (Å²) in [5.74, 6) is -0.473. The zero-order valence-corrected chi connectivity index (χ0v) is 36.6. The average molecular weight is 873 g/mol. The first kappa shape index (κ1) is 46.2. The molecule has 6 atom stereocenters. The topological polar surface area (TPSA) is 146 Å².